The normalized spacial score (nSPS) is 10.6. The van der Waals surface area contributed by atoms with Crippen LogP contribution in [-0.2, 0) is 0 Å². The predicted molar refractivity (Wildman–Crippen MR) is 87.8 cm³/mol. The number of fused-ring (bicyclic) bond motifs is 1. The summed E-state index contributed by atoms with van der Waals surface area (Å²) in [5, 5.41) is 4.45. The first kappa shape index (κ1) is 15.3. The minimum atomic E-state index is -0.0258. The first-order valence-electron chi connectivity index (χ1n) is 7.56. The number of benzene rings is 1. The zero-order valence-electron chi connectivity index (χ0n) is 13.0. The van der Waals surface area contributed by atoms with Gasteiger partial charge in [-0.2, -0.15) is 0 Å². The molecule has 1 aromatic carbocycles. The Bertz CT molecular complexity index is 624. The molecule has 1 aromatic heterocycles. The number of nitrogens with one attached hydrogen (secondary N) is 1. The number of anilines is 1. The molecule has 1 heterocycles. The third-order valence-electron chi connectivity index (χ3n) is 3.41. The highest BCUT2D eigenvalue weighted by Crippen LogP contribution is 2.23. The molecule has 0 aliphatic heterocycles. The summed E-state index contributed by atoms with van der Waals surface area (Å²) in [5.41, 5.74) is 2.34. The number of rotatable bonds is 6. The van der Waals surface area contributed by atoms with Crippen LogP contribution in [0.15, 0.2) is 30.3 Å². The Labute approximate surface area is 126 Å². The molecule has 0 saturated heterocycles. The lowest BCUT2D eigenvalue weighted by molar-refractivity contribution is 0.0790. The molecular formula is C17H23N3O. The highest BCUT2D eigenvalue weighted by atomic mass is 16.2. The molecular weight excluding hydrogens is 262 g/mol. The van der Waals surface area contributed by atoms with Gasteiger partial charge in [-0.3, -0.25) is 4.79 Å². The highest BCUT2D eigenvalue weighted by Gasteiger charge is 2.15. The molecule has 0 saturated carbocycles. The van der Waals surface area contributed by atoms with Crippen LogP contribution in [0.1, 0.15) is 37.2 Å². The Hall–Kier alpha value is -2.10. The maximum atomic E-state index is 12.4. The van der Waals surface area contributed by atoms with Crippen molar-refractivity contribution in [1.82, 2.24) is 9.88 Å². The van der Waals surface area contributed by atoms with Gasteiger partial charge in [0.1, 0.15) is 5.69 Å². The number of carbonyl (C=O) groups is 1. The fourth-order valence-corrected chi connectivity index (χ4v) is 2.32. The Kier molecular flexibility index (Phi) is 5.14. The van der Waals surface area contributed by atoms with Gasteiger partial charge in [-0.25, -0.2) is 4.98 Å². The largest absolute Gasteiger partial charge is 0.384 e. The average molecular weight is 285 g/mol. The van der Waals surface area contributed by atoms with Crippen molar-refractivity contribution in [3.8, 4) is 0 Å². The Morgan fingerprint density at radius 3 is 2.71 bits per heavy atom. The molecule has 0 unspecified atom stereocenters. The summed E-state index contributed by atoms with van der Waals surface area (Å²) in [4.78, 5) is 18.7. The van der Waals surface area contributed by atoms with Crippen molar-refractivity contribution in [1.29, 1.82) is 0 Å². The summed E-state index contributed by atoms with van der Waals surface area (Å²) in [6.07, 6.45) is 1.98. The van der Waals surface area contributed by atoms with Crippen LogP contribution in [0.4, 0.5) is 5.69 Å². The van der Waals surface area contributed by atoms with Crippen molar-refractivity contribution in [3.05, 3.63) is 36.0 Å². The second kappa shape index (κ2) is 7.07. The van der Waals surface area contributed by atoms with Gasteiger partial charge in [-0.15, -0.1) is 0 Å². The molecule has 0 radical (unpaired) electrons. The number of hydrogen-bond acceptors (Lipinski definition) is 3. The van der Waals surface area contributed by atoms with Crippen molar-refractivity contribution in [3.63, 3.8) is 0 Å². The summed E-state index contributed by atoms with van der Waals surface area (Å²) in [7, 11) is 1.82. The van der Waals surface area contributed by atoms with E-state index >= 15 is 0 Å². The molecule has 0 atom stereocenters. The van der Waals surface area contributed by atoms with Crippen LogP contribution in [0.25, 0.3) is 10.9 Å². The van der Waals surface area contributed by atoms with Crippen LogP contribution in [0.5, 0.6) is 0 Å². The summed E-state index contributed by atoms with van der Waals surface area (Å²) in [6, 6.07) is 9.79. The average Bonchev–Trinajstić information content (AvgIpc) is 2.51. The standard InChI is InChI=1S/C17H23N3O/c1-4-10-18-15-12-16(17(21)20(3)11-5-2)19-14-9-7-6-8-13(14)15/h6-9,12H,4-5,10-11H2,1-3H3,(H,18,19). The third kappa shape index (κ3) is 3.51. The number of carbonyl (C=O) groups excluding carboxylic acids is 1. The summed E-state index contributed by atoms with van der Waals surface area (Å²) in [6.45, 7) is 5.81. The van der Waals surface area contributed by atoms with Gasteiger partial charge in [0.15, 0.2) is 0 Å². The fraction of sp³-hybridized carbons (Fsp3) is 0.412. The van der Waals surface area contributed by atoms with E-state index in [1.165, 1.54) is 0 Å². The van der Waals surface area contributed by atoms with Crippen LogP contribution in [0, 0.1) is 0 Å². The molecule has 2 rings (SSSR count). The summed E-state index contributed by atoms with van der Waals surface area (Å²) < 4.78 is 0. The minimum absolute atomic E-state index is 0.0258. The molecule has 1 amide bonds. The van der Waals surface area contributed by atoms with Crippen molar-refractivity contribution in [2.45, 2.75) is 26.7 Å². The van der Waals surface area contributed by atoms with E-state index < -0.39 is 0 Å². The second-order valence-electron chi connectivity index (χ2n) is 5.23. The first-order chi connectivity index (χ1) is 10.2. The van der Waals surface area contributed by atoms with E-state index in [1.54, 1.807) is 4.90 Å². The Morgan fingerprint density at radius 1 is 1.24 bits per heavy atom. The van der Waals surface area contributed by atoms with Crippen molar-refractivity contribution in [2.75, 3.05) is 25.5 Å². The lowest BCUT2D eigenvalue weighted by Crippen LogP contribution is -2.28. The monoisotopic (exact) mass is 285 g/mol. The predicted octanol–water partition coefficient (Wildman–Crippen LogP) is 3.54. The zero-order valence-corrected chi connectivity index (χ0v) is 13.0. The van der Waals surface area contributed by atoms with Crippen LogP contribution in [0.2, 0.25) is 0 Å². The van der Waals surface area contributed by atoms with Crippen LogP contribution < -0.4 is 5.32 Å². The van der Waals surface area contributed by atoms with Crippen molar-refractivity contribution in [2.24, 2.45) is 0 Å². The number of amides is 1. The molecule has 0 bridgehead atoms. The SMILES string of the molecule is CCCNc1cc(C(=O)N(C)CCC)nc2ccccc12. The molecule has 21 heavy (non-hydrogen) atoms. The molecule has 1 N–H and O–H groups in total. The summed E-state index contributed by atoms with van der Waals surface area (Å²) in [5.74, 6) is -0.0258. The zero-order chi connectivity index (χ0) is 15.2. The Balaban J connectivity index is 2.42. The van der Waals surface area contributed by atoms with Gasteiger partial charge in [-0.05, 0) is 25.0 Å². The molecule has 0 fully saturated rings. The van der Waals surface area contributed by atoms with E-state index in [1.807, 2.05) is 37.4 Å². The van der Waals surface area contributed by atoms with Gasteiger partial charge in [0.25, 0.3) is 5.91 Å². The van der Waals surface area contributed by atoms with Gasteiger partial charge < -0.3 is 10.2 Å². The molecule has 0 aliphatic carbocycles. The van der Waals surface area contributed by atoms with E-state index in [4.69, 9.17) is 0 Å². The highest BCUT2D eigenvalue weighted by molar-refractivity contribution is 5.99. The molecule has 4 nitrogen and oxygen atoms in total. The van der Waals surface area contributed by atoms with Gasteiger partial charge in [0.05, 0.1) is 5.52 Å². The summed E-state index contributed by atoms with van der Waals surface area (Å²) >= 11 is 0. The number of hydrogen-bond donors (Lipinski definition) is 1. The molecule has 4 heteroatoms. The second-order valence-corrected chi connectivity index (χ2v) is 5.23. The van der Waals surface area contributed by atoms with E-state index in [0.29, 0.717) is 5.69 Å². The third-order valence-corrected chi connectivity index (χ3v) is 3.41. The van der Waals surface area contributed by atoms with Gasteiger partial charge in [0.2, 0.25) is 0 Å². The molecule has 112 valence electrons. The molecule has 2 aromatic rings. The maximum Gasteiger partial charge on any atom is 0.272 e. The quantitative estimate of drug-likeness (QED) is 0.883. The van der Waals surface area contributed by atoms with Crippen LogP contribution in [0.3, 0.4) is 0 Å². The minimum Gasteiger partial charge on any atom is -0.384 e. The topological polar surface area (TPSA) is 45.2 Å². The van der Waals surface area contributed by atoms with Crippen molar-refractivity contribution >= 4 is 22.5 Å². The smallest absolute Gasteiger partial charge is 0.272 e. The Morgan fingerprint density at radius 2 is 2.00 bits per heavy atom. The van der Waals surface area contributed by atoms with Crippen molar-refractivity contribution < 1.29 is 4.79 Å². The lowest BCUT2D eigenvalue weighted by atomic mass is 10.1. The molecule has 0 aliphatic rings. The van der Waals surface area contributed by atoms with Gasteiger partial charge in [0, 0.05) is 31.2 Å². The maximum absolute atomic E-state index is 12.4. The van der Waals surface area contributed by atoms with E-state index in [0.717, 1.165) is 42.5 Å². The van der Waals surface area contributed by atoms with Gasteiger partial charge >= 0.3 is 0 Å². The van der Waals surface area contributed by atoms with E-state index in [-0.39, 0.29) is 5.91 Å². The van der Waals surface area contributed by atoms with Crippen LogP contribution in [-0.4, -0.2) is 35.9 Å². The lowest BCUT2D eigenvalue weighted by Gasteiger charge is -2.17. The number of para-hydroxylation sites is 1. The number of nitrogens with zero attached hydrogens (tertiary/aromatic N) is 2. The first-order valence-corrected chi connectivity index (χ1v) is 7.56. The molecule has 0 spiro atoms. The number of pyridine rings is 1. The number of aromatic nitrogens is 1. The van der Waals surface area contributed by atoms with E-state index in [9.17, 15) is 4.79 Å². The van der Waals surface area contributed by atoms with Gasteiger partial charge in [-0.1, -0.05) is 32.0 Å². The van der Waals surface area contributed by atoms with Crippen LogP contribution >= 0.6 is 0 Å². The fourth-order valence-electron chi connectivity index (χ4n) is 2.32. The van der Waals surface area contributed by atoms with E-state index in [2.05, 4.69) is 24.1 Å².